The fraction of sp³-hybridized carbons (Fsp3) is 0.588. The lowest BCUT2D eigenvalue weighted by atomic mass is 10.0. The Morgan fingerprint density at radius 1 is 1.32 bits per heavy atom. The molecule has 0 atom stereocenters. The number of anilines is 2. The summed E-state index contributed by atoms with van der Waals surface area (Å²) < 4.78 is 5.30. The molecule has 1 heterocycles. The summed E-state index contributed by atoms with van der Waals surface area (Å²) in [7, 11) is 0. The highest BCUT2D eigenvalue weighted by Crippen LogP contribution is 2.27. The minimum absolute atomic E-state index is 0.165. The smallest absolute Gasteiger partial charge is 0.407 e. The zero-order chi connectivity index (χ0) is 16.3. The SMILES string of the molecule is Cc1ccc(N2CCC(NC(=O)OC(C)(C)C)CC2)c(N)c1. The van der Waals surface area contributed by atoms with Crippen LogP contribution in [-0.4, -0.2) is 30.8 Å². The number of benzene rings is 1. The maximum atomic E-state index is 11.8. The molecule has 1 aliphatic rings. The Hall–Kier alpha value is -1.91. The molecule has 0 saturated carbocycles. The van der Waals surface area contributed by atoms with E-state index < -0.39 is 5.60 Å². The van der Waals surface area contributed by atoms with Crippen molar-refractivity contribution in [3.05, 3.63) is 23.8 Å². The van der Waals surface area contributed by atoms with Crippen LogP contribution in [0.1, 0.15) is 39.2 Å². The first kappa shape index (κ1) is 16.5. The molecule has 0 unspecified atom stereocenters. The normalized spacial score (nSPS) is 16.5. The van der Waals surface area contributed by atoms with E-state index in [9.17, 15) is 4.79 Å². The summed E-state index contributed by atoms with van der Waals surface area (Å²) in [6, 6.07) is 6.32. The van der Waals surface area contributed by atoms with Crippen LogP contribution in [0.2, 0.25) is 0 Å². The van der Waals surface area contributed by atoms with E-state index in [2.05, 4.69) is 22.3 Å². The van der Waals surface area contributed by atoms with Crippen LogP contribution in [0.4, 0.5) is 16.2 Å². The number of alkyl carbamates (subject to hydrolysis) is 1. The van der Waals surface area contributed by atoms with Crippen LogP contribution in [0.3, 0.4) is 0 Å². The van der Waals surface area contributed by atoms with Crippen molar-refractivity contribution < 1.29 is 9.53 Å². The van der Waals surface area contributed by atoms with E-state index in [-0.39, 0.29) is 12.1 Å². The van der Waals surface area contributed by atoms with Crippen molar-refractivity contribution in [2.45, 2.75) is 52.2 Å². The molecule has 1 amide bonds. The Bertz CT molecular complexity index is 529. The second kappa shape index (κ2) is 6.46. The summed E-state index contributed by atoms with van der Waals surface area (Å²) in [5, 5.41) is 2.95. The number of ether oxygens (including phenoxy) is 1. The Balaban J connectivity index is 1.86. The van der Waals surface area contributed by atoms with Crippen molar-refractivity contribution >= 4 is 17.5 Å². The zero-order valence-corrected chi connectivity index (χ0v) is 14.0. The number of nitrogen functional groups attached to an aromatic ring is 1. The average molecular weight is 305 g/mol. The van der Waals surface area contributed by atoms with Gasteiger partial charge in [-0.05, 0) is 58.2 Å². The van der Waals surface area contributed by atoms with Gasteiger partial charge in [0.15, 0.2) is 0 Å². The standard InChI is InChI=1S/C17H27N3O2/c1-12-5-6-15(14(18)11-12)20-9-7-13(8-10-20)19-16(21)22-17(2,3)4/h5-6,11,13H,7-10,18H2,1-4H3,(H,19,21). The molecule has 0 radical (unpaired) electrons. The van der Waals surface area contributed by atoms with Crippen LogP contribution in [0, 0.1) is 6.92 Å². The molecule has 5 heteroatoms. The minimum Gasteiger partial charge on any atom is -0.444 e. The van der Waals surface area contributed by atoms with E-state index in [1.165, 1.54) is 5.56 Å². The van der Waals surface area contributed by atoms with Gasteiger partial charge in [0.25, 0.3) is 0 Å². The number of hydrogen-bond donors (Lipinski definition) is 2. The lowest BCUT2D eigenvalue weighted by Gasteiger charge is -2.35. The molecule has 1 aliphatic heterocycles. The number of piperidine rings is 1. The molecule has 0 aromatic heterocycles. The number of amides is 1. The largest absolute Gasteiger partial charge is 0.444 e. The van der Waals surface area contributed by atoms with E-state index in [0.717, 1.165) is 37.3 Å². The van der Waals surface area contributed by atoms with Crippen molar-refractivity contribution in [2.24, 2.45) is 0 Å². The molecule has 2 rings (SSSR count). The molecule has 122 valence electrons. The Kier molecular flexibility index (Phi) is 4.84. The lowest BCUT2D eigenvalue weighted by molar-refractivity contribution is 0.0497. The molecule has 0 spiro atoms. The van der Waals surface area contributed by atoms with Gasteiger partial charge in [0.2, 0.25) is 0 Å². The topological polar surface area (TPSA) is 67.6 Å². The molecule has 1 saturated heterocycles. The second-order valence-corrected chi connectivity index (χ2v) is 6.97. The van der Waals surface area contributed by atoms with Crippen molar-refractivity contribution in [1.29, 1.82) is 0 Å². The number of hydrogen-bond acceptors (Lipinski definition) is 4. The summed E-state index contributed by atoms with van der Waals surface area (Å²) in [4.78, 5) is 14.1. The van der Waals surface area contributed by atoms with E-state index in [4.69, 9.17) is 10.5 Å². The number of nitrogens with zero attached hydrogens (tertiary/aromatic N) is 1. The van der Waals surface area contributed by atoms with Crippen molar-refractivity contribution in [1.82, 2.24) is 5.32 Å². The molecule has 22 heavy (non-hydrogen) atoms. The number of carbonyl (C=O) groups is 1. The van der Waals surface area contributed by atoms with Gasteiger partial charge < -0.3 is 20.7 Å². The van der Waals surface area contributed by atoms with Crippen LogP contribution in [0.5, 0.6) is 0 Å². The third kappa shape index (κ3) is 4.55. The van der Waals surface area contributed by atoms with Gasteiger partial charge in [-0.1, -0.05) is 6.07 Å². The van der Waals surface area contributed by atoms with Crippen LogP contribution in [0.15, 0.2) is 18.2 Å². The summed E-state index contributed by atoms with van der Waals surface area (Å²) in [5.74, 6) is 0. The number of nitrogens with one attached hydrogen (secondary N) is 1. The van der Waals surface area contributed by atoms with E-state index >= 15 is 0 Å². The Labute approximate surface area is 132 Å². The van der Waals surface area contributed by atoms with Gasteiger partial charge in [-0.15, -0.1) is 0 Å². The van der Waals surface area contributed by atoms with Crippen molar-refractivity contribution in [3.8, 4) is 0 Å². The Morgan fingerprint density at radius 3 is 2.50 bits per heavy atom. The minimum atomic E-state index is -0.457. The molecular weight excluding hydrogens is 278 g/mol. The molecular formula is C17H27N3O2. The van der Waals surface area contributed by atoms with Crippen LogP contribution < -0.4 is 16.0 Å². The summed E-state index contributed by atoms with van der Waals surface area (Å²) in [5.41, 5.74) is 8.72. The first-order chi connectivity index (χ1) is 10.2. The van der Waals surface area contributed by atoms with E-state index in [0.29, 0.717) is 0 Å². The quantitative estimate of drug-likeness (QED) is 0.824. The highest BCUT2D eigenvalue weighted by atomic mass is 16.6. The summed E-state index contributed by atoms with van der Waals surface area (Å²) >= 11 is 0. The number of carbonyl (C=O) groups excluding carboxylic acids is 1. The molecule has 0 bridgehead atoms. The van der Waals surface area contributed by atoms with Gasteiger partial charge in [0, 0.05) is 19.1 Å². The predicted octanol–water partition coefficient (Wildman–Crippen LogP) is 3.07. The van der Waals surface area contributed by atoms with Gasteiger partial charge in [-0.25, -0.2) is 4.79 Å². The first-order valence-electron chi connectivity index (χ1n) is 7.85. The highest BCUT2D eigenvalue weighted by molar-refractivity contribution is 5.69. The number of nitrogens with two attached hydrogens (primary N) is 1. The van der Waals surface area contributed by atoms with Crippen molar-refractivity contribution in [2.75, 3.05) is 23.7 Å². The van der Waals surface area contributed by atoms with Crippen LogP contribution >= 0.6 is 0 Å². The monoisotopic (exact) mass is 305 g/mol. The molecule has 3 N–H and O–H groups in total. The van der Waals surface area contributed by atoms with E-state index in [1.807, 2.05) is 33.8 Å². The van der Waals surface area contributed by atoms with Gasteiger partial charge >= 0.3 is 6.09 Å². The summed E-state index contributed by atoms with van der Waals surface area (Å²) in [6.07, 6.45) is 1.46. The Morgan fingerprint density at radius 2 is 1.95 bits per heavy atom. The van der Waals surface area contributed by atoms with Crippen molar-refractivity contribution in [3.63, 3.8) is 0 Å². The maximum absolute atomic E-state index is 11.8. The maximum Gasteiger partial charge on any atom is 0.407 e. The number of rotatable bonds is 2. The summed E-state index contributed by atoms with van der Waals surface area (Å²) in [6.45, 7) is 9.42. The van der Waals surface area contributed by atoms with E-state index in [1.54, 1.807) is 0 Å². The van der Waals surface area contributed by atoms with Crippen LogP contribution in [0.25, 0.3) is 0 Å². The third-order valence-corrected chi connectivity index (χ3v) is 3.74. The lowest BCUT2D eigenvalue weighted by Crippen LogP contribution is -2.46. The predicted molar refractivity (Wildman–Crippen MR) is 90.2 cm³/mol. The molecule has 1 fully saturated rings. The first-order valence-corrected chi connectivity index (χ1v) is 7.85. The average Bonchev–Trinajstić information content (AvgIpc) is 2.38. The molecule has 5 nitrogen and oxygen atoms in total. The fourth-order valence-electron chi connectivity index (χ4n) is 2.70. The molecule has 1 aromatic carbocycles. The third-order valence-electron chi connectivity index (χ3n) is 3.74. The fourth-order valence-corrected chi connectivity index (χ4v) is 2.70. The zero-order valence-electron chi connectivity index (χ0n) is 14.0. The van der Waals surface area contributed by atoms with Gasteiger partial charge in [0.1, 0.15) is 5.60 Å². The molecule has 0 aliphatic carbocycles. The van der Waals surface area contributed by atoms with Gasteiger partial charge in [-0.3, -0.25) is 0 Å². The number of aryl methyl sites for hydroxylation is 1. The highest BCUT2D eigenvalue weighted by Gasteiger charge is 2.24. The molecule has 1 aromatic rings. The van der Waals surface area contributed by atoms with Crippen LogP contribution in [-0.2, 0) is 4.74 Å². The van der Waals surface area contributed by atoms with Gasteiger partial charge in [-0.2, -0.15) is 0 Å². The second-order valence-electron chi connectivity index (χ2n) is 6.97. The van der Waals surface area contributed by atoms with Gasteiger partial charge in [0.05, 0.1) is 11.4 Å².